The molecule has 0 spiro atoms. The lowest BCUT2D eigenvalue weighted by atomic mass is 9.93. The maximum atomic E-state index is 4.28. The van der Waals surface area contributed by atoms with Crippen LogP contribution in [0.15, 0.2) is 42.8 Å². The number of aromatic nitrogens is 2. The Labute approximate surface area is 180 Å². The highest BCUT2D eigenvalue weighted by molar-refractivity contribution is 5.75. The van der Waals surface area contributed by atoms with Crippen LogP contribution in [-0.4, -0.2) is 34.3 Å². The van der Waals surface area contributed by atoms with Gasteiger partial charge in [-0.15, -0.1) is 0 Å². The van der Waals surface area contributed by atoms with E-state index in [0.717, 1.165) is 18.5 Å². The number of aryl methyl sites for hydroxylation is 1. The van der Waals surface area contributed by atoms with Crippen molar-refractivity contribution in [1.82, 2.24) is 14.7 Å². The summed E-state index contributed by atoms with van der Waals surface area (Å²) in [4.78, 5) is 2.42. The molecule has 2 unspecified atom stereocenters. The third kappa shape index (κ3) is 10.1. The molecule has 1 aromatic rings. The highest BCUT2D eigenvalue weighted by atomic mass is 15.2. The predicted octanol–water partition coefficient (Wildman–Crippen LogP) is 7.03. The summed E-state index contributed by atoms with van der Waals surface area (Å²) in [6.07, 6.45) is 21.4. The van der Waals surface area contributed by atoms with Crippen molar-refractivity contribution in [2.24, 2.45) is 13.0 Å². The molecule has 164 valence electrons. The molecule has 0 N–H and O–H groups in total. The zero-order valence-electron chi connectivity index (χ0n) is 20.0. The summed E-state index contributed by atoms with van der Waals surface area (Å²) in [5, 5.41) is 4.28. The number of hydrogen-bond acceptors (Lipinski definition) is 2. The highest BCUT2D eigenvalue weighted by Gasteiger charge is 2.15. The SMILES string of the molecule is C=C1/C=C(c2cnn(C)c2)\C=C/C(C)N(C)CC(CC)C1.CCCCCCCC. The number of hydrogen-bond donors (Lipinski definition) is 0. The van der Waals surface area contributed by atoms with E-state index in [1.807, 2.05) is 17.9 Å². The van der Waals surface area contributed by atoms with E-state index in [9.17, 15) is 0 Å². The van der Waals surface area contributed by atoms with Gasteiger partial charge in [-0.1, -0.05) is 96.1 Å². The van der Waals surface area contributed by atoms with Crippen molar-refractivity contribution in [1.29, 1.82) is 0 Å². The van der Waals surface area contributed by atoms with E-state index in [1.54, 1.807) is 0 Å². The lowest BCUT2D eigenvalue weighted by Crippen LogP contribution is -2.32. The van der Waals surface area contributed by atoms with Crippen LogP contribution in [0.2, 0.25) is 0 Å². The van der Waals surface area contributed by atoms with E-state index < -0.39 is 0 Å². The molecule has 0 saturated heterocycles. The highest BCUT2D eigenvalue weighted by Crippen LogP contribution is 2.24. The van der Waals surface area contributed by atoms with Crippen molar-refractivity contribution in [2.45, 2.75) is 85.1 Å². The molecule has 0 saturated carbocycles. The van der Waals surface area contributed by atoms with Gasteiger partial charge in [-0.2, -0.15) is 5.10 Å². The lowest BCUT2D eigenvalue weighted by molar-refractivity contribution is 0.243. The Morgan fingerprint density at radius 3 is 2.24 bits per heavy atom. The topological polar surface area (TPSA) is 21.1 Å². The summed E-state index contributed by atoms with van der Waals surface area (Å²) >= 11 is 0. The van der Waals surface area contributed by atoms with Crippen molar-refractivity contribution < 1.29 is 0 Å². The third-order valence-corrected chi connectivity index (χ3v) is 5.78. The van der Waals surface area contributed by atoms with Crippen molar-refractivity contribution in [2.75, 3.05) is 13.6 Å². The van der Waals surface area contributed by atoms with Crippen LogP contribution in [0.5, 0.6) is 0 Å². The van der Waals surface area contributed by atoms with Crippen molar-refractivity contribution in [3.63, 3.8) is 0 Å². The summed E-state index contributed by atoms with van der Waals surface area (Å²) < 4.78 is 1.84. The first-order valence-electron chi connectivity index (χ1n) is 11.7. The summed E-state index contributed by atoms with van der Waals surface area (Å²) in [5.74, 6) is 0.669. The molecule has 0 aromatic carbocycles. The van der Waals surface area contributed by atoms with Gasteiger partial charge in [-0.05, 0) is 31.9 Å². The van der Waals surface area contributed by atoms with E-state index in [0.29, 0.717) is 12.0 Å². The van der Waals surface area contributed by atoms with Crippen LogP contribution in [0.25, 0.3) is 5.57 Å². The normalized spacial score (nSPS) is 23.7. The average molecular weight is 400 g/mol. The molecule has 2 rings (SSSR count). The van der Waals surface area contributed by atoms with Crippen LogP contribution in [0, 0.1) is 5.92 Å². The molecular weight excluding hydrogens is 354 g/mol. The Morgan fingerprint density at radius 1 is 1.07 bits per heavy atom. The third-order valence-electron chi connectivity index (χ3n) is 5.78. The van der Waals surface area contributed by atoms with Gasteiger partial charge in [0.1, 0.15) is 0 Å². The van der Waals surface area contributed by atoms with Crippen LogP contribution in [0.4, 0.5) is 0 Å². The van der Waals surface area contributed by atoms with Gasteiger partial charge in [0, 0.05) is 31.4 Å². The molecule has 1 aliphatic heterocycles. The van der Waals surface area contributed by atoms with Gasteiger partial charge in [-0.3, -0.25) is 9.58 Å². The zero-order chi connectivity index (χ0) is 21.6. The quantitative estimate of drug-likeness (QED) is 0.459. The Hall–Kier alpha value is -1.61. The molecule has 2 atom stereocenters. The smallest absolute Gasteiger partial charge is 0.0568 e. The van der Waals surface area contributed by atoms with E-state index in [1.165, 1.54) is 56.1 Å². The second kappa shape index (κ2) is 14.4. The fraction of sp³-hybridized carbons (Fsp3) is 0.654. The summed E-state index contributed by atoms with van der Waals surface area (Å²) in [6.45, 7) is 14.4. The number of unbranched alkanes of at least 4 members (excludes halogenated alkanes) is 5. The first-order chi connectivity index (χ1) is 13.9. The minimum absolute atomic E-state index is 0.436. The van der Waals surface area contributed by atoms with Gasteiger partial charge < -0.3 is 0 Å². The summed E-state index contributed by atoms with van der Waals surface area (Å²) in [7, 11) is 4.15. The van der Waals surface area contributed by atoms with Crippen molar-refractivity contribution in [3.8, 4) is 0 Å². The molecule has 2 heterocycles. The fourth-order valence-corrected chi connectivity index (χ4v) is 3.60. The molecule has 0 bridgehead atoms. The molecule has 3 heteroatoms. The van der Waals surface area contributed by atoms with Crippen molar-refractivity contribution >= 4 is 5.57 Å². The predicted molar refractivity (Wildman–Crippen MR) is 129 cm³/mol. The maximum Gasteiger partial charge on any atom is 0.0568 e. The van der Waals surface area contributed by atoms with Crippen LogP contribution in [0.1, 0.15) is 84.6 Å². The summed E-state index contributed by atoms with van der Waals surface area (Å²) in [5.41, 5.74) is 3.55. The molecule has 29 heavy (non-hydrogen) atoms. The van der Waals surface area contributed by atoms with E-state index in [-0.39, 0.29) is 0 Å². The Bertz CT molecular complexity index is 632. The van der Waals surface area contributed by atoms with Crippen LogP contribution < -0.4 is 0 Å². The molecule has 0 aliphatic carbocycles. The van der Waals surface area contributed by atoms with Gasteiger partial charge >= 0.3 is 0 Å². The lowest BCUT2D eigenvalue weighted by Gasteiger charge is -2.28. The Kier molecular flexibility index (Phi) is 12.6. The fourth-order valence-electron chi connectivity index (χ4n) is 3.60. The second-order valence-electron chi connectivity index (χ2n) is 8.59. The van der Waals surface area contributed by atoms with Crippen molar-refractivity contribution in [3.05, 3.63) is 48.3 Å². The second-order valence-corrected chi connectivity index (χ2v) is 8.59. The van der Waals surface area contributed by atoms with E-state index in [2.05, 4.69) is 75.7 Å². The minimum Gasteiger partial charge on any atom is -0.300 e. The van der Waals surface area contributed by atoms with Crippen LogP contribution in [-0.2, 0) is 7.05 Å². The van der Waals surface area contributed by atoms with Gasteiger partial charge in [0.25, 0.3) is 0 Å². The zero-order valence-corrected chi connectivity index (χ0v) is 20.0. The van der Waals surface area contributed by atoms with Gasteiger partial charge in [-0.25, -0.2) is 0 Å². The van der Waals surface area contributed by atoms with Gasteiger partial charge in [0.05, 0.1) is 6.20 Å². The van der Waals surface area contributed by atoms with Crippen LogP contribution >= 0.6 is 0 Å². The minimum atomic E-state index is 0.436. The van der Waals surface area contributed by atoms with Gasteiger partial charge in [0.15, 0.2) is 0 Å². The van der Waals surface area contributed by atoms with Gasteiger partial charge in [0.2, 0.25) is 0 Å². The first-order valence-corrected chi connectivity index (χ1v) is 11.7. The van der Waals surface area contributed by atoms with E-state index >= 15 is 0 Å². The monoisotopic (exact) mass is 399 g/mol. The number of likely N-dealkylation sites (N-methyl/N-ethyl adjacent to an activating group) is 1. The molecule has 1 aromatic heterocycles. The maximum absolute atomic E-state index is 4.28. The molecule has 0 fully saturated rings. The molecule has 3 nitrogen and oxygen atoms in total. The molecule has 1 aliphatic rings. The standard InChI is InChI=1S/C18H27N3.C8H18/c1-6-16-9-14(2)10-17(18-11-19-21(5)13-18)8-7-15(3)20(4)12-16;1-3-5-7-8-6-4-2/h7-8,10-11,13,15-16H,2,6,9,12H2,1,3-5H3;3-8H2,1-2H3/b8-7-,17-10+;. The molecule has 0 amide bonds. The Morgan fingerprint density at radius 2 is 1.72 bits per heavy atom. The molecule has 0 radical (unpaired) electrons. The number of allylic oxidation sites excluding steroid dienone is 4. The summed E-state index contributed by atoms with van der Waals surface area (Å²) in [6, 6.07) is 0.436. The van der Waals surface area contributed by atoms with E-state index in [4.69, 9.17) is 0 Å². The largest absolute Gasteiger partial charge is 0.300 e. The number of rotatable bonds is 7. The van der Waals surface area contributed by atoms with Crippen LogP contribution in [0.3, 0.4) is 0 Å². The first kappa shape index (κ1) is 25.4. The average Bonchev–Trinajstić information content (AvgIpc) is 3.13. The number of nitrogens with zero attached hydrogens (tertiary/aromatic N) is 3. The Balaban J connectivity index is 0.000000447. The molecular formula is C26H45N3.